The summed E-state index contributed by atoms with van der Waals surface area (Å²) < 4.78 is 0. The number of halogens is 2. The highest BCUT2D eigenvalue weighted by Gasteiger charge is 2.21. The Morgan fingerprint density at radius 1 is 1.32 bits per heavy atom. The highest BCUT2D eigenvalue weighted by Crippen LogP contribution is 2.24. The molecule has 0 saturated carbocycles. The van der Waals surface area contributed by atoms with Crippen molar-refractivity contribution in [3.05, 3.63) is 35.4 Å². The van der Waals surface area contributed by atoms with Crippen molar-refractivity contribution in [2.75, 3.05) is 26.2 Å². The van der Waals surface area contributed by atoms with Gasteiger partial charge in [0.05, 0.1) is 12.5 Å². The van der Waals surface area contributed by atoms with Crippen molar-refractivity contribution < 1.29 is 0 Å². The molecule has 1 heterocycles. The maximum Gasteiger partial charge on any atom is 0.0641 e. The van der Waals surface area contributed by atoms with E-state index in [0.29, 0.717) is 6.42 Å². The molecule has 0 bridgehead atoms. The zero-order valence-electron chi connectivity index (χ0n) is 11.1. The lowest BCUT2D eigenvalue weighted by Gasteiger charge is -2.34. The van der Waals surface area contributed by atoms with Gasteiger partial charge in [0.1, 0.15) is 0 Å². The normalized spacial score (nSPS) is 16.6. The van der Waals surface area contributed by atoms with Crippen molar-refractivity contribution >= 4 is 24.8 Å². The van der Waals surface area contributed by atoms with Gasteiger partial charge in [-0.3, -0.25) is 4.90 Å². The summed E-state index contributed by atoms with van der Waals surface area (Å²) in [4.78, 5) is 2.41. The van der Waals surface area contributed by atoms with E-state index in [1.54, 1.807) is 0 Å². The first-order valence-electron chi connectivity index (χ1n) is 6.19. The molecular weight excluding hydrogens is 281 g/mol. The van der Waals surface area contributed by atoms with Crippen LogP contribution in [0.3, 0.4) is 0 Å². The lowest BCUT2D eigenvalue weighted by atomic mass is 10.00. The molecular formula is C14H21Cl2N3. The van der Waals surface area contributed by atoms with E-state index in [1.807, 2.05) is 0 Å². The fraction of sp³-hybridized carbons (Fsp3) is 0.500. The van der Waals surface area contributed by atoms with Crippen LogP contribution in [0.25, 0.3) is 0 Å². The van der Waals surface area contributed by atoms with E-state index in [0.717, 1.165) is 26.2 Å². The van der Waals surface area contributed by atoms with Gasteiger partial charge >= 0.3 is 0 Å². The highest BCUT2D eigenvalue weighted by molar-refractivity contribution is 5.85. The zero-order valence-corrected chi connectivity index (χ0v) is 12.8. The van der Waals surface area contributed by atoms with Crippen LogP contribution in [0, 0.1) is 18.3 Å². The second kappa shape index (κ2) is 9.17. The minimum Gasteiger partial charge on any atom is -0.314 e. The third-order valence-corrected chi connectivity index (χ3v) is 3.30. The number of nitrogens with zero attached hydrogens (tertiary/aromatic N) is 2. The average molecular weight is 302 g/mol. The summed E-state index contributed by atoms with van der Waals surface area (Å²) in [6.07, 6.45) is 0.573. The van der Waals surface area contributed by atoms with Crippen molar-refractivity contribution in [3.8, 4) is 6.07 Å². The largest absolute Gasteiger partial charge is 0.314 e. The summed E-state index contributed by atoms with van der Waals surface area (Å²) in [5.41, 5.74) is 2.54. The molecule has 1 fully saturated rings. The van der Waals surface area contributed by atoms with Gasteiger partial charge < -0.3 is 5.32 Å². The van der Waals surface area contributed by atoms with Crippen molar-refractivity contribution in [2.45, 2.75) is 19.4 Å². The molecule has 1 N–H and O–H groups in total. The fourth-order valence-electron chi connectivity index (χ4n) is 2.42. The molecule has 1 aromatic carbocycles. The van der Waals surface area contributed by atoms with E-state index >= 15 is 0 Å². The molecule has 0 aliphatic carbocycles. The molecule has 1 aromatic rings. The maximum absolute atomic E-state index is 9.01. The molecule has 1 aliphatic rings. The lowest BCUT2D eigenvalue weighted by Crippen LogP contribution is -2.45. The zero-order chi connectivity index (χ0) is 12.1. The quantitative estimate of drug-likeness (QED) is 0.933. The van der Waals surface area contributed by atoms with Gasteiger partial charge in [-0.05, 0) is 12.5 Å². The molecule has 5 heteroatoms. The van der Waals surface area contributed by atoms with Crippen molar-refractivity contribution in [1.29, 1.82) is 5.26 Å². The number of nitriles is 1. The van der Waals surface area contributed by atoms with E-state index in [-0.39, 0.29) is 30.9 Å². The molecule has 1 atom stereocenters. The number of nitrogens with one attached hydrogen (secondary N) is 1. The standard InChI is InChI=1S/C14H19N3.2ClH/c1-12-3-2-4-13(11-12)14(5-6-15)17-9-7-16-8-10-17;;/h2-4,11,14,16H,5,7-10H2,1H3;2*1H/t14-;;/m0../s1. The summed E-state index contributed by atoms with van der Waals surface area (Å²) in [7, 11) is 0. The SMILES string of the molecule is Cc1cccc([C@H](CC#N)N2CCNCC2)c1.Cl.Cl. The molecule has 3 nitrogen and oxygen atoms in total. The minimum absolute atomic E-state index is 0. The van der Waals surface area contributed by atoms with Crippen LogP contribution in [0.5, 0.6) is 0 Å². The van der Waals surface area contributed by atoms with Crippen molar-refractivity contribution in [1.82, 2.24) is 10.2 Å². The second-order valence-corrected chi connectivity index (χ2v) is 4.58. The summed E-state index contributed by atoms with van der Waals surface area (Å²) in [5.74, 6) is 0. The summed E-state index contributed by atoms with van der Waals surface area (Å²) in [6.45, 7) is 6.20. The monoisotopic (exact) mass is 301 g/mol. The fourth-order valence-corrected chi connectivity index (χ4v) is 2.42. The van der Waals surface area contributed by atoms with Crippen molar-refractivity contribution in [3.63, 3.8) is 0 Å². The first-order chi connectivity index (χ1) is 8.31. The molecule has 0 radical (unpaired) electrons. The van der Waals surface area contributed by atoms with Crippen LogP contribution in [0.1, 0.15) is 23.6 Å². The molecule has 1 aliphatic heterocycles. The van der Waals surface area contributed by atoms with Crippen molar-refractivity contribution in [2.24, 2.45) is 0 Å². The van der Waals surface area contributed by atoms with Crippen LogP contribution < -0.4 is 5.32 Å². The molecule has 0 unspecified atom stereocenters. The third kappa shape index (κ3) is 5.00. The Labute approximate surface area is 127 Å². The summed E-state index contributed by atoms with van der Waals surface area (Å²) >= 11 is 0. The Hall–Kier alpha value is -0.790. The molecule has 0 spiro atoms. The molecule has 0 amide bonds. The van der Waals surface area contributed by atoms with Crippen LogP contribution in [0.4, 0.5) is 0 Å². The second-order valence-electron chi connectivity index (χ2n) is 4.58. The predicted octanol–water partition coefficient (Wildman–Crippen LogP) is 2.70. The number of aryl methyl sites for hydroxylation is 1. The number of hydrogen-bond acceptors (Lipinski definition) is 3. The Morgan fingerprint density at radius 3 is 2.58 bits per heavy atom. The predicted molar refractivity (Wildman–Crippen MR) is 83.1 cm³/mol. The molecule has 106 valence electrons. The van der Waals surface area contributed by atoms with E-state index in [2.05, 4.69) is 47.5 Å². The van der Waals surface area contributed by atoms with Gasteiger partial charge in [-0.2, -0.15) is 5.26 Å². The van der Waals surface area contributed by atoms with Gasteiger partial charge in [0.2, 0.25) is 0 Å². The smallest absolute Gasteiger partial charge is 0.0641 e. The van der Waals surface area contributed by atoms with Crippen LogP contribution in [0.15, 0.2) is 24.3 Å². The van der Waals surface area contributed by atoms with Crippen LogP contribution in [0.2, 0.25) is 0 Å². The van der Waals surface area contributed by atoms with Crippen LogP contribution in [-0.4, -0.2) is 31.1 Å². The third-order valence-electron chi connectivity index (χ3n) is 3.30. The topological polar surface area (TPSA) is 39.1 Å². The van der Waals surface area contributed by atoms with Gasteiger partial charge in [-0.25, -0.2) is 0 Å². The van der Waals surface area contributed by atoms with Gasteiger partial charge in [0.15, 0.2) is 0 Å². The van der Waals surface area contributed by atoms with Gasteiger partial charge in [-0.15, -0.1) is 24.8 Å². The number of hydrogen-bond donors (Lipinski definition) is 1. The summed E-state index contributed by atoms with van der Waals surface area (Å²) in [5, 5.41) is 12.4. The highest BCUT2D eigenvalue weighted by atomic mass is 35.5. The number of piperazine rings is 1. The molecule has 1 saturated heterocycles. The van der Waals surface area contributed by atoms with Gasteiger partial charge in [-0.1, -0.05) is 29.8 Å². The van der Waals surface area contributed by atoms with Gasteiger partial charge in [0, 0.05) is 32.2 Å². The molecule has 19 heavy (non-hydrogen) atoms. The molecule has 2 rings (SSSR count). The average Bonchev–Trinajstić information content (AvgIpc) is 2.37. The Bertz CT molecular complexity index is 411. The lowest BCUT2D eigenvalue weighted by molar-refractivity contribution is 0.175. The summed E-state index contributed by atoms with van der Waals surface area (Å²) in [6, 6.07) is 11.1. The number of benzene rings is 1. The van der Waals surface area contributed by atoms with E-state index in [1.165, 1.54) is 11.1 Å². The Morgan fingerprint density at radius 2 is 2.00 bits per heavy atom. The van der Waals surface area contributed by atoms with E-state index in [4.69, 9.17) is 5.26 Å². The first-order valence-corrected chi connectivity index (χ1v) is 6.19. The van der Waals surface area contributed by atoms with Crippen LogP contribution >= 0.6 is 24.8 Å². The van der Waals surface area contributed by atoms with E-state index < -0.39 is 0 Å². The van der Waals surface area contributed by atoms with Gasteiger partial charge in [0.25, 0.3) is 0 Å². The first kappa shape index (κ1) is 18.2. The van der Waals surface area contributed by atoms with Crippen LogP contribution in [-0.2, 0) is 0 Å². The van der Waals surface area contributed by atoms with E-state index in [9.17, 15) is 0 Å². The number of rotatable bonds is 3. The minimum atomic E-state index is 0. The molecule has 0 aromatic heterocycles. The Kier molecular flexibility index (Phi) is 8.79. The Balaban J connectivity index is 0.00000162. The maximum atomic E-state index is 9.01.